The van der Waals surface area contributed by atoms with Crippen LogP contribution in [-0.2, 0) is 47.6 Å². The molecule has 0 heterocycles. The molecule has 0 saturated heterocycles. The van der Waals surface area contributed by atoms with Crippen LogP contribution in [0.15, 0.2) is 18.2 Å². The van der Waals surface area contributed by atoms with E-state index in [1.54, 1.807) is 0 Å². The van der Waals surface area contributed by atoms with Crippen molar-refractivity contribution in [1.82, 2.24) is 0 Å². The molecule has 1 aromatic rings. The third-order valence-electron chi connectivity index (χ3n) is 2.16. The minimum Gasteiger partial charge on any atom is -0.285 e. The Kier molecular flexibility index (Phi) is 5.13. The lowest BCUT2D eigenvalue weighted by atomic mass is 10.1. The molecule has 12 heteroatoms. The van der Waals surface area contributed by atoms with E-state index in [9.17, 15) is 25.3 Å². The molecule has 0 spiro atoms. The van der Waals surface area contributed by atoms with Crippen LogP contribution in [0.5, 0.6) is 0 Å². The van der Waals surface area contributed by atoms with E-state index in [1.807, 2.05) is 0 Å². The summed E-state index contributed by atoms with van der Waals surface area (Å²) in [4.78, 5) is 0. The molecule has 0 radical (unpaired) electrons. The van der Waals surface area contributed by atoms with Crippen molar-refractivity contribution in [2.75, 3.05) is 0 Å². The predicted molar refractivity (Wildman–Crippen MR) is 72.2 cm³/mol. The molecule has 9 nitrogen and oxygen atoms in total. The number of hydrogen-bond acceptors (Lipinski definition) is 6. The van der Waals surface area contributed by atoms with Gasteiger partial charge in [0, 0.05) is 0 Å². The van der Waals surface area contributed by atoms with Gasteiger partial charge >= 0.3 is 0 Å². The highest BCUT2D eigenvalue weighted by atomic mass is 32.2. The summed E-state index contributed by atoms with van der Waals surface area (Å²) in [6, 6.07) is 3.24. The fourth-order valence-corrected chi connectivity index (χ4v) is 3.48. The van der Waals surface area contributed by atoms with Gasteiger partial charge in [0.05, 0.1) is 0 Å². The van der Waals surface area contributed by atoms with Crippen molar-refractivity contribution >= 4 is 30.4 Å². The van der Waals surface area contributed by atoms with Crippen LogP contribution in [0.2, 0.25) is 0 Å². The summed E-state index contributed by atoms with van der Waals surface area (Å²) in [7, 11) is -13.3. The highest BCUT2D eigenvalue weighted by molar-refractivity contribution is 7.85. The zero-order valence-electron chi connectivity index (χ0n) is 10.4. The maximum absolute atomic E-state index is 10.8. The standard InChI is InChI=1S/C9H12O9S3/c10-19(11,12)4-7-1-8(5-20(13,14)15)3-9(2-7)6-21(16,17)18/h1-3H,4-6H2,(H,10,11,12)(H,13,14,15)(H,16,17,18). The lowest BCUT2D eigenvalue weighted by Gasteiger charge is -2.07. The predicted octanol–water partition coefficient (Wildman–Crippen LogP) is -0.150. The van der Waals surface area contributed by atoms with Crippen LogP contribution in [0, 0.1) is 0 Å². The zero-order chi connectivity index (χ0) is 16.5. The highest BCUT2D eigenvalue weighted by Crippen LogP contribution is 2.17. The Morgan fingerprint density at radius 2 is 0.762 bits per heavy atom. The summed E-state index contributed by atoms with van der Waals surface area (Å²) < 4.78 is 91.1. The van der Waals surface area contributed by atoms with Crippen molar-refractivity contribution in [3.8, 4) is 0 Å². The Morgan fingerprint density at radius 3 is 0.905 bits per heavy atom. The number of benzene rings is 1. The third-order valence-corrected chi connectivity index (χ3v) is 4.25. The average Bonchev–Trinajstić information content (AvgIpc) is 2.06. The van der Waals surface area contributed by atoms with E-state index in [2.05, 4.69) is 0 Å². The van der Waals surface area contributed by atoms with Crippen LogP contribution in [-0.4, -0.2) is 38.9 Å². The topological polar surface area (TPSA) is 163 Å². The Labute approximate surface area is 121 Å². The zero-order valence-corrected chi connectivity index (χ0v) is 12.8. The summed E-state index contributed by atoms with van der Waals surface area (Å²) >= 11 is 0. The van der Waals surface area contributed by atoms with Crippen LogP contribution in [0.3, 0.4) is 0 Å². The van der Waals surface area contributed by atoms with Gasteiger partial charge in [-0.15, -0.1) is 0 Å². The maximum atomic E-state index is 10.8. The van der Waals surface area contributed by atoms with Crippen LogP contribution in [0.25, 0.3) is 0 Å². The molecule has 0 aliphatic heterocycles. The van der Waals surface area contributed by atoms with E-state index < -0.39 is 47.6 Å². The molecule has 0 aliphatic carbocycles. The van der Waals surface area contributed by atoms with Crippen LogP contribution < -0.4 is 0 Å². The van der Waals surface area contributed by atoms with Gasteiger partial charge in [-0.1, -0.05) is 18.2 Å². The van der Waals surface area contributed by atoms with Crippen molar-refractivity contribution < 1.29 is 38.9 Å². The van der Waals surface area contributed by atoms with Gasteiger partial charge in [0.25, 0.3) is 30.4 Å². The highest BCUT2D eigenvalue weighted by Gasteiger charge is 2.15. The fraction of sp³-hybridized carbons (Fsp3) is 0.333. The van der Waals surface area contributed by atoms with Gasteiger partial charge in [0.15, 0.2) is 0 Å². The van der Waals surface area contributed by atoms with Crippen molar-refractivity contribution in [2.24, 2.45) is 0 Å². The molecular weight excluding hydrogens is 348 g/mol. The fourth-order valence-electron chi connectivity index (χ4n) is 1.72. The van der Waals surface area contributed by atoms with Gasteiger partial charge < -0.3 is 0 Å². The molecule has 120 valence electrons. The van der Waals surface area contributed by atoms with Crippen molar-refractivity contribution in [3.05, 3.63) is 34.9 Å². The monoisotopic (exact) mass is 360 g/mol. The molecule has 0 saturated carbocycles. The van der Waals surface area contributed by atoms with Crippen molar-refractivity contribution in [2.45, 2.75) is 17.3 Å². The molecule has 1 rings (SSSR count). The first-order valence-corrected chi connectivity index (χ1v) is 10.0. The molecule has 0 bridgehead atoms. The first-order valence-electron chi connectivity index (χ1n) is 5.21. The summed E-state index contributed by atoms with van der Waals surface area (Å²) in [6.07, 6.45) is 0. The van der Waals surface area contributed by atoms with Crippen molar-refractivity contribution in [1.29, 1.82) is 0 Å². The lowest BCUT2D eigenvalue weighted by molar-refractivity contribution is 0.480. The molecule has 0 atom stereocenters. The van der Waals surface area contributed by atoms with E-state index in [4.69, 9.17) is 13.7 Å². The molecule has 0 aromatic heterocycles. The molecule has 0 amide bonds. The second kappa shape index (κ2) is 5.98. The van der Waals surface area contributed by atoms with Crippen LogP contribution in [0.4, 0.5) is 0 Å². The normalized spacial score (nSPS) is 13.3. The minimum atomic E-state index is -4.42. The maximum Gasteiger partial charge on any atom is 0.269 e. The van der Waals surface area contributed by atoms with Gasteiger partial charge in [-0.3, -0.25) is 13.7 Å². The lowest BCUT2D eigenvalue weighted by Crippen LogP contribution is -2.08. The minimum absolute atomic E-state index is 0.0858. The molecule has 0 aliphatic rings. The quantitative estimate of drug-likeness (QED) is 0.585. The van der Waals surface area contributed by atoms with Gasteiger partial charge in [-0.25, -0.2) is 0 Å². The SMILES string of the molecule is O=S(=O)(O)Cc1cc(CS(=O)(=O)O)cc(CS(=O)(=O)O)c1. The second-order valence-corrected chi connectivity index (χ2v) is 8.69. The van der Waals surface area contributed by atoms with Crippen LogP contribution >= 0.6 is 0 Å². The van der Waals surface area contributed by atoms with E-state index in [0.717, 1.165) is 18.2 Å². The molecular formula is C9H12O9S3. The summed E-state index contributed by atoms with van der Waals surface area (Å²) in [6.45, 7) is 0. The third kappa shape index (κ3) is 8.08. The van der Waals surface area contributed by atoms with E-state index >= 15 is 0 Å². The Hall–Kier alpha value is -1.05. The van der Waals surface area contributed by atoms with E-state index in [-0.39, 0.29) is 16.7 Å². The molecule has 1 aromatic carbocycles. The van der Waals surface area contributed by atoms with Gasteiger partial charge in [0.1, 0.15) is 17.3 Å². The summed E-state index contributed by atoms with van der Waals surface area (Å²) in [5.74, 6) is -2.61. The molecule has 3 N–H and O–H groups in total. The van der Waals surface area contributed by atoms with Crippen molar-refractivity contribution in [3.63, 3.8) is 0 Å². The smallest absolute Gasteiger partial charge is 0.269 e. The number of hydrogen-bond donors (Lipinski definition) is 3. The van der Waals surface area contributed by atoms with E-state index in [0.29, 0.717) is 0 Å². The number of rotatable bonds is 6. The van der Waals surface area contributed by atoms with E-state index in [1.165, 1.54) is 0 Å². The average molecular weight is 360 g/mol. The Morgan fingerprint density at radius 1 is 0.571 bits per heavy atom. The Balaban J connectivity index is 3.31. The van der Waals surface area contributed by atoms with Gasteiger partial charge in [0.2, 0.25) is 0 Å². The first-order chi connectivity index (χ1) is 9.23. The van der Waals surface area contributed by atoms with Gasteiger partial charge in [-0.2, -0.15) is 25.3 Å². The summed E-state index contributed by atoms with van der Waals surface area (Å²) in [5, 5.41) is 0. The first kappa shape index (κ1) is 18.0. The summed E-state index contributed by atoms with van der Waals surface area (Å²) in [5.41, 5.74) is -0.257. The Bertz CT molecular complexity index is 708. The molecule has 21 heavy (non-hydrogen) atoms. The molecule has 0 fully saturated rings. The van der Waals surface area contributed by atoms with Gasteiger partial charge in [-0.05, 0) is 16.7 Å². The second-order valence-electron chi connectivity index (χ2n) is 4.34. The van der Waals surface area contributed by atoms with Crippen LogP contribution in [0.1, 0.15) is 16.7 Å². The largest absolute Gasteiger partial charge is 0.285 e. The molecule has 0 unspecified atom stereocenters.